The summed E-state index contributed by atoms with van der Waals surface area (Å²) >= 11 is 0. The summed E-state index contributed by atoms with van der Waals surface area (Å²) in [6.45, 7) is 17.5. The maximum Gasteiger partial charge on any atom is 0.149 e. The van der Waals surface area contributed by atoms with Crippen molar-refractivity contribution in [3.05, 3.63) is 162 Å². The average Bonchev–Trinajstić information content (AvgIpc) is 3.85. The number of aryl methyl sites for hydroxylation is 2. The number of benzene rings is 6. The van der Waals surface area contributed by atoms with Crippen molar-refractivity contribution >= 4 is 49.3 Å². The fraction of sp³-hybridized carbons (Fsp3) is 0.185. The standard InChI is InChI=1S/C54H48N4O/c1-32-23-24-44(39(26-32)34-16-10-9-11-17-34)58-46-21-14-19-38(49(46)56-52(58)41-30-37(53(3,4)5)31-42(51(41)59)54(6,7)8)36-27-33(2)48-40(28-36)50-47(57-25-15-22-45(48)57)29-35-18-12-13-20-43(35)55-50/h9-31,59H,1-8H3. The average molecular weight is 769 g/mol. The molecular formula is C54H48N4O. The van der Waals surface area contributed by atoms with Crippen LogP contribution in [0.15, 0.2) is 140 Å². The van der Waals surface area contributed by atoms with Crippen LogP contribution in [0.2, 0.25) is 0 Å². The van der Waals surface area contributed by atoms with Crippen LogP contribution in [0.3, 0.4) is 0 Å². The van der Waals surface area contributed by atoms with Gasteiger partial charge in [-0.15, -0.1) is 0 Å². The second kappa shape index (κ2) is 13.2. The molecule has 0 atom stereocenters. The number of phenols is 1. The summed E-state index contributed by atoms with van der Waals surface area (Å²) in [6, 6.07) is 47.6. The van der Waals surface area contributed by atoms with E-state index in [1.165, 1.54) is 16.5 Å². The summed E-state index contributed by atoms with van der Waals surface area (Å²) in [5.74, 6) is 0.966. The van der Waals surface area contributed by atoms with E-state index in [0.29, 0.717) is 5.82 Å². The summed E-state index contributed by atoms with van der Waals surface area (Å²) in [6.07, 6.45) is 2.14. The number of aromatic nitrogens is 4. The van der Waals surface area contributed by atoms with E-state index in [1.54, 1.807) is 0 Å². The third-order valence-corrected chi connectivity index (χ3v) is 12.1. The maximum atomic E-state index is 12.4. The molecule has 0 radical (unpaired) electrons. The summed E-state index contributed by atoms with van der Waals surface area (Å²) in [7, 11) is 0. The van der Waals surface area contributed by atoms with E-state index in [1.807, 2.05) is 0 Å². The molecule has 0 aliphatic heterocycles. The largest absolute Gasteiger partial charge is 0.507 e. The minimum absolute atomic E-state index is 0.167. The van der Waals surface area contributed by atoms with Gasteiger partial charge in [-0.3, -0.25) is 4.57 Å². The molecule has 4 aromatic heterocycles. The molecule has 0 amide bonds. The predicted molar refractivity (Wildman–Crippen MR) is 247 cm³/mol. The number of imidazole rings is 1. The van der Waals surface area contributed by atoms with Gasteiger partial charge < -0.3 is 9.51 Å². The molecule has 0 aliphatic carbocycles. The molecule has 0 saturated carbocycles. The van der Waals surface area contributed by atoms with Gasteiger partial charge in [0.05, 0.1) is 44.4 Å². The molecule has 0 saturated heterocycles. The lowest BCUT2D eigenvalue weighted by molar-refractivity contribution is 0.446. The Bertz CT molecular complexity index is 3320. The number of fused-ring (bicyclic) bond motifs is 8. The van der Waals surface area contributed by atoms with Crippen LogP contribution in [0.5, 0.6) is 5.75 Å². The molecule has 0 bridgehead atoms. The van der Waals surface area contributed by atoms with E-state index >= 15 is 0 Å². The molecule has 4 heterocycles. The maximum absolute atomic E-state index is 12.4. The minimum atomic E-state index is -0.308. The highest BCUT2D eigenvalue weighted by atomic mass is 16.3. The van der Waals surface area contributed by atoms with E-state index in [0.717, 1.165) is 88.5 Å². The molecule has 0 unspecified atom stereocenters. The number of hydrogen-bond acceptors (Lipinski definition) is 3. The summed E-state index contributed by atoms with van der Waals surface area (Å²) < 4.78 is 4.55. The van der Waals surface area contributed by atoms with E-state index in [2.05, 4.69) is 204 Å². The van der Waals surface area contributed by atoms with Crippen molar-refractivity contribution in [3.63, 3.8) is 0 Å². The molecule has 5 nitrogen and oxygen atoms in total. The van der Waals surface area contributed by atoms with E-state index in [9.17, 15) is 5.11 Å². The highest BCUT2D eigenvalue weighted by molar-refractivity contribution is 6.15. The van der Waals surface area contributed by atoms with Gasteiger partial charge in [0.15, 0.2) is 0 Å². The second-order valence-electron chi connectivity index (χ2n) is 18.3. The van der Waals surface area contributed by atoms with Crippen LogP contribution in [0, 0.1) is 13.8 Å². The monoisotopic (exact) mass is 768 g/mol. The second-order valence-corrected chi connectivity index (χ2v) is 18.3. The number of aromatic hydroxyl groups is 1. The van der Waals surface area contributed by atoms with Crippen molar-refractivity contribution in [2.75, 3.05) is 0 Å². The van der Waals surface area contributed by atoms with Gasteiger partial charge in [-0.1, -0.05) is 126 Å². The molecular weight excluding hydrogens is 721 g/mol. The van der Waals surface area contributed by atoms with Crippen molar-refractivity contribution in [1.82, 2.24) is 18.9 Å². The van der Waals surface area contributed by atoms with Crippen LogP contribution in [0.4, 0.5) is 0 Å². The zero-order valence-electron chi connectivity index (χ0n) is 35.0. The van der Waals surface area contributed by atoms with Crippen molar-refractivity contribution in [3.8, 4) is 45.1 Å². The third-order valence-electron chi connectivity index (χ3n) is 12.1. The lowest BCUT2D eigenvalue weighted by Crippen LogP contribution is -2.17. The van der Waals surface area contributed by atoms with Crippen LogP contribution < -0.4 is 0 Å². The highest BCUT2D eigenvalue weighted by Gasteiger charge is 2.29. The van der Waals surface area contributed by atoms with Crippen molar-refractivity contribution in [2.45, 2.75) is 66.2 Å². The smallest absolute Gasteiger partial charge is 0.149 e. The molecule has 0 spiro atoms. The first-order valence-electron chi connectivity index (χ1n) is 20.6. The molecule has 0 aliphatic rings. The van der Waals surface area contributed by atoms with Gasteiger partial charge in [0, 0.05) is 39.0 Å². The van der Waals surface area contributed by atoms with E-state index < -0.39 is 0 Å². The normalized spacial score (nSPS) is 12.5. The van der Waals surface area contributed by atoms with Crippen molar-refractivity contribution in [1.29, 1.82) is 0 Å². The Labute approximate surface area is 345 Å². The Morgan fingerprint density at radius 2 is 1.32 bits per heavy atom. The van der Waals surface area contributed by atoms with E-state index in [4.69, 9.17) is 9.97 Å². The number of hydrogen-bond donors (Lipinski definition) is 1. The van der Waals surface area contributed by atoms with Crippen LogP contribution in [0.1, 0.15) is 63.8 Å². The fourth-order valence-electron chi connectivity index (χ4n) is 9.01. The molecule has 10 rings (SSSR count). The number of para-hydroxylation sites is 2. The summed E-state index contributed by atoms with van der Waals surface area (Å²) in [4.78, 5) is 11.0. The van der Waals surface area contributed by atoms with Crippen molar-refractivity contribution < 1.29 is 5.11 Å². The fourth-order valence-corrected chi connectivity index (χ4v) is 9.01. The zero-order chi connectivity index (χ0) is 41.0. The summed E-state index contributed by atoms with van der Waals surface area (Å²) in [5.41, 5.74) is 16.0. The Morgan fingerprint density at radius 3 is 2.10 bits per heavy atom. The first-order chi connectivity index (χ1) is 28.3. The van der Waals surface area contributed by atoms with Crippen LogP contribution >= 0.6 is 0 Å². The molecule has 10 aromatic rings. The van der Waals surface area contributed by atoms with Gasteiger partial charge in [0.1, 0.15) is 11.6 Å². The Balaban J connectivity index is 1.32. The Hall–Kier alpha value is -6.72. The molecule has 6 aromatic carbocycles. The van der Waals surface area contributed by atoms with Gasteiger partial charge in [-0.25, -0.2) is 9.97 Å². The molecule has 0 fully saturated rings. The van der Waals surface area contributed by atoms with E-state index in [-0.39, 0.29) is 16.6 Å². The minimum Gasteiger partial charge on any atom is -0.507 e. The van der Waals surface area contributed by atoms with Gasteiger partial charge in [0.2, 0.25) is 0 Å². The van der Waals surface area contributed by atoms with Crippen LogP contribution in [-0.4, -0.2) is 24.0 Å². The van der Waals surface area contributed by atoms with Gasteiger partial charge in [-0.05, 0) is 102 Å². The van der Waals surface area contributed by atoms with Gasteiger partial charge in [0.25, 0.3) is 0 Å². The van der Waals surface area contributed by atoms with Crippen molar-refractivity contribution in [2.24, 2.45) is 0 Å². The third kappa shape index (κ3) is 5.90. The zero-order valence-corrected chi connectivity index (χ0v) is 35.0. The SMILES string of the molecule is Cc1ccc(-n2c(-c3cc(C(C)(C)C)cc(C(C)(C)C)c3O)nc3c(-c4cc(C)c5c(c4)c4nc6ccccc6cc4n4cccc54)cccc32)c(-c2ccccc2)c1. The number of pyridine rings is 2. The first-order valence-corrected chi connectivity index (χ1v) is 20.6. The topological polar surface area (TPSA) is 55.3 Å². The molecule has 290 valence electrons. The lowest BCUT2D eigenvalue weighted by Gasteiger charge is -2.27. The number of phenolic OH excluding ortho intramolecular Hbond substituents is 1. The van der Waals surface area contributed by atoms with Gasteiger partial charge in [-0.2, -0.15) is 0 Å². The molecule has 5 heteroatoms. The quantitative estimate of drug-likeness (QED) is 0.143. The Kier molecular flexibility index (Phi) is 8.16. The lowest BCUT2D eigenvalue weighted by atomic mass is 9.79. The Morgan fingerprint density at radius 1 is 0.559 bits per heavy atom. The number of rotatable bonds is 4. The molecule has 1 N–H and O–H groups in total. The molecule has 59 heavy (non-hydrogen) atoms. The predicted octanol–water partition coefficient (Wildman–Crippen LogP) is 14.1. The highest BCUT2D eigenvalue weighted by Crippen LogP contribution is 2.46. The van der Waals surface area contributed by atoms with Crippen LogP contribution in [-0.2, 0) is 10.8 Å². The first kappa shape index (κ1) is 36.6. The summed E-state index contributed by atoms with van der Waals surface area (Å²) in [5, 5.41) is 15.8. The van der Waals surface area contributed by atoms with Crippen LogP contribution in [0.25, 0.3) is 88.6 Å². The number of nitrogens with zero attached hydrogens (tertiary/aromatic N) is 4. The van der Waals surface area contributed by atoms with Gasteiger partial charge >= 0.3 is 0 Å².